The number of hydrogen-bond donors (Lipinski definition) is 2. The Morgan fingerprint density at radius 2 is 2.36 bits per heavy atom. The molecule has 3 nitrogen and oxygen atoms in total. The molecule has 0 saturated carbocycles. The van der Waals surface area contributed by atoms with E-state index in [0.717, 1.165) is 19.5 Å². The van der Waals surface area contributed by atoms with Crippen LogP contribution in [0, 0.1) is 5.92 Å². The van der Waals surface area contributed by atoms with E-state index < -0.39 is 0 Å². The molecule has 3 heteroatoms. The zero-order chi connectivity index (χ0) is 8.27. The van der Waals surface area contributed by atoms with Gasteiger partial charge < -0.3 is 10.6 Å². The molecule has 0 aliphatic carbocycles. The number of nitrogens with one attached hydrogen (secondary N) is 1. The minimum absolute atomic E-state index is 0.121. The first-order valence-electron chi connectivity index (χ1n) is 4.32. The van der Waals surface area contributed by atoms with E-state index in [0.29, 0.717) is 6.04 Å². The van der Waals surface area contributed by atoms with Gasteiger partial charge in [-0.1, -0.05) is 13.8 Å². The molecule has 1 aliphatic heterocycles. The second-order valence-corrected chi connectivity index (χ2v) is 3.46. The second-order valence-electron chi connectivity index (χ2n) is 3.46. The van der Waals surface area contributed by atoms with Crippen LogP contribution in [-0.2, 0) is 4.79 Å². The van der Waals surface area contributed by atoms with E-state index >= 15 is 0 Å². The molecule has 1 saturated heterocycles. The van der Waals surface area contributed by atoms with Crippen LogP contribution in [-0.4, -0.2) is 25.0 Å². The van der Waals surface area contributed by atoms with Crippen molar-refractivity contribution >= 4 is 5.91 Å². The molecular formula is C8H17N2O+. The molecule has 0 bridgehead atoms. The Balaban J connectivity index is 2.24. The Hall–Kier alpha value is -0.570. The first kappa shape index (κ1) is 8.53. The average molecular weight is 157 g/mol. The van der Waals surface area contributed by atoms with Gasteiger partial charge in [-0.2, -0.15) is 0 Å². The molecule has 1 aliphatic rings. The van der Waals surface area contributed by atoms with Crippen molar-refractivity contribution in [3.05, 3.63) is 0 Å². The molecule has 1 amide bonds. The van der Waals surface area contributed by atoms with E-state index in [1.165, 1.54) is 0 Å². The number of rotatable bonds is 2. The average Bonchev–Trinajstić information content (AvgIpc) is 2.39. The lowest BCUT2D eigenvalue weighted by Gasteiger charge is -2.10. The van der Waals surface area contributed by atoms with Crippen molar-refractivity contribution in [2.24, 2.45) is 5.92 Å². The van der Waals surface area contributed by atoms with Crippen LogP contribution in [0.2, 0.25) is 0 Å². The highest BCUT2D eigenvalue weighted by Gasteiger charge is 2.20. The summed E-state index contributed by atoms with van der Waals surface area (Å²) in [4.78, 5) is 11.2. The van der Waals surface area contributed by atoms with Gasteiger partial charge in [-0.05, 0) is 0 Å². The third-order valence-electron chi connectivity index (χ3n) is 2.04. The molecule has 0 spiro atoms. The molecule has 0 aromatic rings. The molecule has 1 heterocycles. The highest BCUT2D eigenvalue weighted by Crippen LogP contribution is 1.96. The van der Waals surface area contributed by atoms with Crippen LogP contribution < -0.4 is 10.6 Å². The van der Waals surface area contributed by atoms with Crippen LogP contribution in [0.4, 0.5) is 0 Å². The minimum Gasteiger partial charge on any atom is -0.347 e. The van der Waals surface area contributed by atoms with Gasteiger partial charge in [0.05, 0.1) is 19.1 Å². The molecule has 1 atom stereocenters. The van der Waals surface area contributed by atoms with Crippen molar-refractivity contribution < 1.29 is 10.1 Å². The minimum atomic E-state index is 0.121. The lowest BCUT2D eigenvalue weighted by molar-refractivity contribution is -0.636. The summed E-state index contributed by atoms with van der Waals surface area (Å²) < 4.78 is 0. The van der Waals surface area contributed by atoms with Crippen LogP contribution >= 0.6 is 0 Å². The third kappa shape index (κ3) is 2.50. The van der Waals surface area contributed by atoms with Crippen molar-refractivity contribution in [3.8, 4) is 0 Å². The fraction of sp³-hybridized carbons (Fsp3) is 0.875. The van der Waals surface area contributed by atoms with E-state index in [2.05, 4.69) is 10.6 Å². The van der Waals surface area contributed by atoms with Gasteiger partial charge in [0.1, 0.15) is 0 Å². The smallest absolute Gasteiger partial charge is 0.222 e. The maximum Gasteiger partial charge on any atom is 0.222 e. The van der Waals surface area contributed by atoms with Gasteiger partial charge in [0.25, 0.3) is 0 Å². The fourth-order valence-electron chi connectivity index (χ4n) is 1.25. The Morgan fingerprint density at radius 3 is 2.82 bits per heavy atom. The molecule has 0 radical (unpaired) electrons. The predicted octanol–water partition coefficient (Wildman–Crippen LogP) is -0.906. The van der Waals surface area contributed by atoms with Gasteiger partial charge in [-0.15, -0.1) is 0 Å². The van der Waals surface area contributed by atoms with Gasteiger partial charge >= 0.3 is 0 Å². The summed E-state index contributed by atoms with van der Waals surface area (Å²) in [7, 11) is 0. The number of nitrogens with two attached hydrogens (primary N) is 1. The summed E-state index contributed by atoms with van der Waals surface area (Å²) in [6.07, 6.45) is 1.12. The quantitative estimate of drug-likeness (QED) is 0.536. The second kappa shape index (κ2) is 3.72. The van der Waals surface area contributed by atoms with Crippen molar-refractivity contribution in [3.63, 3.8) is 0 Å². The summed E-state index contributed by atoms with van der Waals surface area (Å²) in [6, 6.07) is 0.421. The first-order valence-corrected chi connectivity index (χ1v) is 4.32. The summed E-state index contributed by atoms with van der Waals surface area (Å²) in [5.41, 5.74) is 0. The third-order valence-corrected chi connectivity index (χ3v) is 2.04. The molecule has 11 heavy (non-hydrogen) atoms. The topological polar surface area (TPSA) is 45.7 Å². The van der Waals surface area contributed by atoms with Crippen LogP contribution in [0.3, 0.4) is 0 Å². The van der Waals surface area contributed by atoms with Crippen LogP contribution in [0.1, 0.15) is 20.3 Å². The highest BCUT2D eigenvalue weighted by molar-refractivity contribution is 5.78. The largest absolute Gasteiger partial charge is 0.347 e. The molecule has 1 fully saturated rings. The molecule has 1 unspecified atom stereocenters. The van der Waals surface area contributed by atoms with Crippen LogP contribution in [0.25, 0.3) is 0 Å². The monoisotopic (exact) mass is 157 g/mol. The summed E-state index contributed by atoms with van der Waals surface area (Å²) in [5, 5.41) is 5.25. The number of carbonyl (C=O) groups is 1. The van der Waals surface area contributed by atoms with E-state index in [1.54, 1.807) is 0 Å². The number of amides is 1. The zero-order valence-electron chi connectivity index (χ0n) is 7.26. The van der Waals surface area contributed by atoms with E-state index in [-0.39, 0.29) is 11.8 Å². The van der Waals surface area contributed by atoms with Gasteiger partial charge in [0.15, 0.2) is 0 Å². The van der Waals surface area contributed by atoms with Crippen molar-refractivity contribution in [2.45, 2.75) is 26.3 Å². The maximum atomic E-state index is 11.2. The molecule has 0 aromatic heterocycles. The van der Waals surface area contributed by atoms with E-state index in [9.17, 15) is 4.79 Å². The van der Waals surface area contributed by atoms with Crippen LogP contribution in [0.15, 0.2) is 0 Å². The number of hydrogen-bond acceptors (Lipinski definition) is 1. The molecule has 0 aromatic carbocycles. The Labute approximate surface area is 67.5 Å². The molecule has 64 valence electrons. The summed E-state index contributed by atoms with van der Waals surface area (Å²) in [5.74, 6) is 0.306. The van der Waals surface area contributed by atoms with Gasteiger partial charge in [0, 0.05) is 12.3 Å². The normalized spacial score (nSPS) is 24.1. The maximum absolute atomic E-state index is 11.2. The van der Waals surface area contributed by atoms with Gasteiger partial charge in [-0.25, -0.2) is 0 Å². The number of quaternary nitrogens is 1. The Kier molecular flexibility index (Phi) is 2.88. The molecular weight excluding hydrogens is 140 g/mol. The Morgan fingerprint density at radius 1 is 1.64 bits per heavy atom. The first-order chi connectivity index (χ1) is 5.20. The SMILES string of the molecule is CC(C)C(=O)NC1CC[NH2+]C1. The lowest BCUT2D eigenvalue weighted by atomic mass is 10.2. The molecule has 3 N–H and O–H groups in total. The lowest BCUT2D eigenvalue weighted by Crippen LogP contribution is -2.82. The van der Waals surface area contributed by atoms with Crippen LogP contribution in [0.5, 0.6) is 0 Å². The van der Waals surface area contributed by atoms with Crippen molar-refractivity contribution in [1.82, 2.24) is 5.32 Å². The zero-order valence-corrected chi connectivity index (χ0v) is 7.26. The number of carbonyl (C=O) groups excluding carboxylic acids is 1. The van der Waals surface area contributed by atoms with Crippen molar-refractivity contribution in [1.29, 1.82) is 0 Å². The Bertz CT molecular complexity index is 139. The summed E-state index contributed by atoms with van der Waals surface area (Å²) in [6.45, 7) is 6.06. The van der Waals surface area contributed by atoms with Crippen molar-refractivity contribution in [2.75, 3.05) is 13.1 Å². The van der Waals surface area contributed by atoms with E-state index in [1.807, 2.05) is 13.8 Å². The standard InChI is InChI=1S/C8H16N2O/c1-6(2)8(11)10-7-3-4-9-5-7/h6-7,9H,3-5H2,1-2H3,(H,10,11)/p+1. The molecule has 1 rings (SSSR count). The van der Waals surface area contributed by atoms with Gasteiger partial charge in [-0.3, -0.25) is 4.79 Å². The van der Waals surface area contributed by atoms with E-state index in [4.69, 9.17) is 0 Å². The summed E-state index contributed by atoms with van der Waals surface area (Å²) >= 11 is 0. The fourth-order valence-corrected chi connectivity index (χ4v) is 1.25. The predicted molar refractivity (Wildman–Crippen MR) is 43.0 cm³/mol. The highest BCUT2D eigenvalue weighted by atomic mass is 16.1. The van der Waals surface area contributed by atoms with Gasteiger partial charge in [0.2, 0.25) is 5.91 Å².